The summed E-state index contributed by atoms with van der Waals surface area (Å²) in [7, 11) is -4.13. The Morgan fingerprint density at radius 2 is 1.68 bits per heavy atom. The number of amides is 1. The Labute approximate surface area is 204 Å². The Morgan fingerprint density at radius 1 is 1.00 bits per heavy atom. The summed E-state index contributed by atoms with van der Waals surface area (Å²) in [6.07, 6.45) is 0.875. The van der Waals surface area contributed by atoms with Crippen LogP contribution in [0.2, 0.25) is 5.02 Å². The SMILES string of the molecule is CCc1ccc(NC(=O)c2ccc(F)c(S(=O)(=O)N3CCN(c4ccccc4Cl)CC3)c2)cc1. The van der Waals surface area contributed by atoms with E-state index in [1.165, 1.54) is 10.4 Å². The average molecular weight is 502 g/mol. The summed E-state index contributed by atoms with van der Waals surface area (Å²) in [5, 5.41) is 3.32. The second-order valence-corrected chi connectivity index (χ2v) is 10.3. The highest BCUT2D eigenvalue weighted by Gasteiger charge is 2.31. The van der Waals surface area contributed by atoms with Crippen LogP contribution in [0.1, 0.15) is 22.8 Å². The van der Waals surface area contributed by atoms with Gasteiger partial charge in [-0.05, 0) is 54.4 Å². The number of carbonyl (C=O) groups is 1. The Balaban J connectivity index is 1.50. The van der Waals surface area contributed by atoms with Gasteiger partial charge in [-0.1, -0.05) is 42.8 Å². The molecule has 6 nitrogen and oxygen atoms in total. The molecule has 1 amide bonds. The van der Waals surface area contributed by atoms with Crippen molar-refractivity contribution in [3.8, 4) is 0 Å². The van der Waals surface area contributed by atoms with Crippen LogP contribution < -0.4 is 10.2 Å². The van der Waals surface area contributed by atoms with Crippen LogP contribution >= 0.6 is 11.6 Å². The van der Waals surface area contributed by atoms with Crippen LogP contribution in [0.25, 0.3) is 0 Å². The van der Waals surface area contributed by atoms with E-state index in [9.17, 15) is 17.6 Å². The number of hydrogen-bond donors (Lipinski definition) is 1. The summed E-state index contributed by atoms with van der Waals surface area (Å²) in [6.45, 7) is 3.21. The van der Waals surface area contributed by atoms with E-state index in [1.54, 1.807) is 18.2 Å². The average Bonchev–Trinajstić information content (AvgIpc) is 2.85. The van der Waals surface area contributed by atoms with Crippen LogP contribution in [-0.4, -0.2) is 44.8 Å². The van der Waals surface area contributed by atoms with Crippen molar-refractivity contribution in [2.45, 2.75) is 18.2 Å². The highest BCUT2D eigenvalue weighted by Crippen LogP contribution is 2.28. The van der Waals surface area contributed by atoms with E-state index >= 15 is 0 Å². The topological polar surface area (TPSA) is 69.7 Å². The van der Waals surface area contributed by atoms with Gasteiger partial charge in [-0.25, -0.2) is 12.8 Å². The van der Waals surface area contributed by atoms with Gasteiger partial charge in [0.05, 0.1) is 10.7 Å². The fourth-order valence-electron chi connectivity index (χ4n) is 3.89. The Kier molecular flexibility index (Phi) is 7.21. The van der Waals surface area contributed by atoms with Gasteiger partial charge in [0.15, 0.2) is 0 Å². The maximum absolute atomic E-state index is 14.6. The first-order valence-corrected chi connectivity index (χ1v) is 12.8. The van der Waals surface area contributed by atoms with E-state index < -0.39 is 26.6 Å². The Bertz CT molecular complexity index is 1290. The summed E-state index contributed by atoms with van der Waals surface area (Å²) in [4.78, 5) is 14.2. The highest BCUT2D eigenvalue weighted by molar-refractivity contribution is 7.89. The van der Waals surface area contributed by atoms with Crippen LogP contribution in [0.5, 0.6) is 0 Å². The molecule has 0 aromatic heterocycles. The number of nitrogens with zero attached hydrogens (tertiary/aromatic N) is 2. The molecule has 0 saturated carbocycles. The number of para-hydroxylation sites is 1. The first kappa shape index (κ1) is 24.2. The quantitative estimate of drug-likeness (QED) is 0.526. The fourth-order valence-corrected chi connectivity index (χ4v) is 5.65. The minimum atomic E-state index is -4.13. The molecule has 0 atom stereocenters. The molecule has 1 aliphatic rings. The third-order valence-electron chi connectivity index (χ3n) is 5.86. The summed E-state index contributed by atoms with van der Waals surface area (Å²) in [6, 6.07) is 18.1. The van der Waals surface area contributed by atoms with Crippen molar-refractivity contribution >= 4 is 38.9 Å². The van der Waals surface area contributed by atoms with Crippen molar-refractivity contribution in [3.63, 3.8) is 0 Å². The van der Waals surface area contributed by atoms with Gasteiger partial charge in [-0.3, -0.25) is 4.79 Å². The summed E-state index contributed by atoms with van der Waals surface area (Å²) in [5.74, 6) is -1.40. The van der Waals surface area contributed by atoms with Crippen molar-refractivity contribution in [1.29, 1.82) is 0 Å². The van der Waals surface area contributed by atoms with Gasteiger partial charge >= 0.3 is 0 Å². The lowest BCUT2D eigenvalue weighted by atomic mass is 10.1. The summed E-state index contributed by atoms with van der Waals surface area (Å²) >= 11 is 6.26. The molecule has 0 bridgehead atoms. The number of halogens is 2. The van der Waals surface area contributed by atoms with Crippen LogP contribution in [0.4, 0.5) is 15.8 Å². The van der Waals surface area contributed by atoms with Crippen molar-refractivity contribution in [2.24, 2.45) is 0 Å². The molecular formula is C25H25ClFN3O3S. The molecule has 1 saturated heterocycles. The smallest absolute Gasteiger partial charge is 0.255 e. The van der Waals surface area contributed by atoms with E-state index in [1.807, 2.05) is 42.2 Å². The molecule has 0 spiro atoms. The van der Waals surface area contributed by atoms with Crippen molar-refractivity contribution in [3.05, 3.63) is 88.7 Å². The van der Waals surface area contributed by atoms with E-state index in [2.05, 4.69) is 5.32 Å². The first-order chi connectivity index (χ1) is 16.3. The Hall–Kier alpha value is -2.94. The molecule has 1 N–H and O–H groups in total. The first-order valence-electron chi connectivity index (χ1n) is 11.0. The minimum absolute atomic E-state index is 0.0641. The third kappa shape index (κ3) is 5.09. The maximum Gasteiger partial charge on any atom is 0.255 e. The van der Waals surface area contributed by atoms with Crippen LogP contribution in [0, 0.1) is 5.82 Å². The van der Waals surface area contributed by atoms with Gasteiger partial charge in [0, 0.05) is 37.4 Å². The number of anilines is 2. The molecule has 3 aromatic carbocycles. The molecule has 34 heavy (non-hydrogen) atoms. The zero-order valence-electron chi connectivity index (χ0n) is 18.7. The number of benzene rings is 3. The van der Waals surface area contributed by atoms with E-state index in [0.717, 1.165) is 29.8 Å². The normalized spacial score (nSPS) is 14.7. The number of nitrogens with one attached hydrogen (secondary N) is 1. The van der Waals surface area contributed by atoms with Crippen molar-refractivity contribution in [1.82, 2.24) is 4.31 Å². The number of piperazine rings is 1. The van der Waals surface area contributed by atoms with Crippen LogP contribution in [0.15, 0.2) is 71.6 Å². The molecule has 1 aliphatic heterocycles. The van der Waals surface area contributed by atoms with Gasteiger partial charge < -0.3 is 10.2 Å². The molecule has 1 fully saturated rings. The molecule has 0 aliphatic carbocycles. The van der Waals surface area contributed by atoms with Crippen molar-refractivity contribution in [2.75, 3.05) is 36.4 Å². The number of hydrogen-bond acceptors (Lipinski definition) is 4. The molecule has 0 radical (unpaired) electrons. The molecular weight excluding hydrogens is 477 g/mol. The lowest BCUT2D eigenvalue weighted by Gasteiger charge is -2.35. The number of carbonyl (C=O) groups excluding carboxylic acids is 1. The van der Waals surface area contributed by atoms with Gasteiger partial charge in [0.2, 0.25) is 10.0 Å². The molecule has 0 unspecified atom stereocenters. The molecule has 9 heteroatoms. The van der Waals surface area contributed by atoms with Gasteiger partial charge in [-0.2, -0.15) is 4.31 Å². The van der Waals surface area contributed by atoms with E-state index in [0.29, 0.717) is 23.8 Å². The largest absolute Gasteiger partial charge is 0.368 e. The van der Waals surface area contributed by atoms with Gasteiger partial charge in [0.25, 0.3) is 5.91 Å². The predicted molar refractivity (Wildman–Crippen MR) is 133 cm³/mol. The molecule has 178 valence electrons. The lowest BCUT2D eigenvalue weighted by Crippen LogP contribution is -2.48. The van der Waals surface area contributed by atoms with E-state index in [4.69, 9.17) is 11.6 Å². The number of aryl methyl sites for hydroxylation is 1. The lowest BCUT2D eigenvalue weighted by molar-refractivity contribution is 0.102. The second-order valence-electron chi connectivity index (χ2n) is 7.99. The monoisotopic (exact) mass is 501 g/mol. The zero-order chi connectivity index (χ0) is 24.3. The third-order valence-corrected chi connectivity index (χ3v) is 8.10. The predicted octanol–water partition coefficient (Wildman–Crippen LogP) is 4.80. The van der Waals surface area contributed by atoms with Gasteiger partial charge in [-0.15, -0.1) is 0 Å². The second kappa shape index (κ2) is 10.1. The standard InChI is InChI=1S/C25H25ClFN3O3S/c1-2-18-7-10-20(11-8-18)28-25(31)19-9-12-22(27)24(17-19)34(32,33)30-15-13-29(14-16-30)23-6-4-3-5-21(23)26/h3-12,17H,2,13-16H2,1H3,(H,28,31). The summed E-state index contributed by atoms with van der Waals surface area (Å²) < 4.78 is 42.3. The maximum atomic E-state index is 14.6. The number of rotatable bonds is 6. The van der Waals surface area contributed by atoms with E-state index in [-0.39, 0.29) is 18.7 Å². The van der Waals surface area contributed by atoms with Crippen molar-refractivity contribution < 1.29 is 17.6 Å². The van der Waals surface area contributed by atoms with Gasteiger partial charge in [0.1, 0.15) is 10.7 Å². The minimum Gasteiger partial charge on any atom is -0.368 e. The van der Waals surface area contributed by atoms with Crippen LogP contribution in [-0.2, 0) is 16.4 Å². The summed E-state index contributed by atoms with van der Waals surface area (Å²) in [5.41, 5.74) is 2.60. The molecule has 1 heterocycles. The van der Waals surface area contributed by atoms with Crippen LogP contribution in [0.3, 0.4) is 0 Å². The Morgan fingerprint density at radius 3 is 2.32 bits per heavy atom. The highest BCUT2D eigenvalue weighted by atomic mass is 35.5. The number of sulfonamides is 1. The molecule has 3 aromatic rings. The zero-order valence-corrected chi connectivity index (χ0v) is 20.2. The fraction of sp³-hybridized carbons (Fsp3) is 0.240. The molecule has 4 rings (SSSR count).